The minimum absolute atomic E-state index is 0.218. The normalized spacial score (nSPS) is 16.6. The van der Waals surface area contributed by atoms with Crippen LogP contribution in [-0.4, -0.2) is 40.2 Å². The van der Waals surface area contributed by atoms with Crippen LogP contribution in [0.4, 0.5) is 4.79 Å². The predicted octanol–water partition coefficient (Wildman–Crippen LogP) is 4.04. The number of urea groups is 1. The molecule has 150 valence electrons. The molecule has 1 fully saturated rings. The summed E-state index contributed by atoms with van der Waals surface area (Å²) in [6, 6.07) is 14.4. The molecule has 2 N–H and O–H groups in total. The lowest BCUT2D eigenvalue weighted by molar-refractivity contribution is -0.127. The molecule has 1 saturated heterocycles. The zero-order chi connectivity index (χ0) is 20.8. The van der Waals surface area contributed by atoms with Gasteiger partial charge in [0, 0.05) is 28.2 Å². The molecule has 1 aliphatic heterocycles. The van der Waals surface area contributed by atoms with Crippen molar-refractivity contribution in [3.63, 3.8) is 0 Å². The first kappa shape index (κ1) is 18.6. The third-order valence-electron chi connectivity index (χ3n) is 5.60. The van der Waals surface area contributed by atoms with Gasteiger partial charge in [-0.2, -0.15) is 0 Å². The Bertz CT molecular complexity index is 1320. The summed E-state index contributed by atoms with van der Waals surface area (Å²) in [5, 5.41) is 4.78. The van der Waals surface area contributed by atoms with Gasteiger partial charge in [-0.3, -0.25) is 14.5 Å². The molecule has 4 aromatic rings. The van der Waals surface area contributed by atoms with E-state index < -0.39 is 12.1 Å². The molecule has 0 bridgehead atoms. The standard InChI is InChI=1S/C23H19N3O3S/c1-13-15-6-3-5-9-20(15)30-21(13)19(27)12-26-22(28)18(25-23(26)29)10-14-11-24-17-8-4-2-7-16(14)17/h2-9,11,18,24H,10,12H2,1H3,(H,25,29). The van der Waals surface area contributed by atoms with E-state index in [1.165, 1.54) is 11.3 Å². The highest BCUT2D eigenvalue weighted by Gasteiger charge is 2.39. The van der Waals surface area contributed by atoms with Gasteiger partial charge in [0.05, 0.1) is 11.4 Å². The summed E-state index contributed by atoms with van der Waals surface area (Å²) in [5.41, 5.74) is 2.83. The zero-order valence-corrected chi connectivity index (χ0v) is 17.1. The SMILES string of the molecule is Cc1c(C(=O)CN2C(=O)NC(Cc3c[nH]c4ccccc34)C2=O)sc2ccccc12. The highest BCUT2D eigenvalue weighted by atomic mass is 32.1. The molecule has 0 aliphatic carbocycles. The van der Waals surface area contributed by atoms with Crippen LogP contribution in [0.1, 0.15) is 20.8 Å². The Balaban J connectivity index is 1.35. The quantitative estimate of drug-likeness (QED) is 0.380. The number of nitrogens with one attached hydrogen (secondary N) is 2. The van der Waals surface area contributed by atoms with Gasteiger partial charge in [0.15, 0.2) is 5.78 Å². The topological polar surface area (TPSA) is 82.3 Å². The molecule has 3 heterocycles. The van der Waals surface area contributed by atoms with E-state index in [1.54, 1.807) is 0 Å². The van der Waals surface area contributed by atoms with Crippen LogP contribution in [0.2, 0.25) is 0 Å². The number of benzene rings is 2. The molecule has 1 unspecified atom stereocenters. The molecule has 2 aromatic carbocycles. The summed E-state index contributed by atoms with van der Waals surface area (Å²) in [6.07, 6.45) is 2.24. The van der Waals surface area contributed by atoms with E-state index in [0.717, 1.165) is 37.0 Å². The van der Waals surface area contributed by atoms with E-state index in [4.69, 9.17) is 0 Å². The minimum Gasteiger partial charge on any atom is -0.361 e. The minimum atomic E-state index is -0.673. The number of carbonyl (C=O) groups excluding carboxylic acids is 3. The number of para-hydroxylation sites is 1. The molecule has 0 radical (unpaired) electrons. The highest BCUT2D eigenvalue weighted by Crippen LogP contribution is 2.31. The van der Waals surface area contributed by atoms with Gasteiger partial charge in [0.2, 0.25) is 0 Å². The molecular weight excluding hydrogens is 398 g/mol. The van der Waals surface area contributed by atoms with Gasteiger partial charge in [-0.1, -0.05) is 36.4 Å². The fourth-order valence-electron chi connectivity index (χ4n) is 4.04. The maximum Gasteiger partial charge on any atom is 0.325 e. The van der Waals surface area contributed by atoms with Crippen molar-refractivity contribution in [3.05, 3.63) is 70.7 Å². The van der Waals surface area contributed by atoms with Crippen molar-refractivity contribution in [1.82, 2.24) is 15.2 Å². The lowest BCUT2D eigenvalue weighted by atomic mass is 10.0. The second-order valence-corrected chi connectivity index (χ2v) is 8.52. The third-order valence-corrected chi connectivity index (χ3v) is 6.92. The summed E-state index contributed by atoms with van der Waals surface area (Å²) in [6.45, 7) is 1.65. The molecule has 0 spiro atoms. The number of nitrogens with zero attached hydrogens (tertiary/aromatic N) is 1. The second kappa shape index (κ2) is 7.11. The summed E-state index contributed by atoms with van der Waals surface area (Å²) in [4.78, 5) is 43.1. The number of thiophene rings is 1. The average molecular weight is 417 g/mol. The van der Waals surface area contributed by atoms with Crippen LogP contribution in [0.3, 0.4) is 0 Å². The second-order valence-electron chi connectivity index (χ2n) is 7.47. The Kier molecular flexibility index (Phi) is 4.40. The first-order chi connectivity index (χ1) is 14.5. The molecule has 1 atom stereocenters. The number of amides is 3. The Labute approximate surface area is 176 Å². The lowest BCUT2D eigenvalue weighted by Gasteiger charge is -2.12. The Morgan fingerprint density at radius 1 is 1.07 bits per heavy atom. The first-order valence-corrected chi connectivity index (χ1v) is 10.5. The summed E-state index contributed by atoms with van der Waals surface area (Å²) in [5.74, 6) is -0.581. The molecule has 0 saturated carbocycles. The van der Waals surface area contributed by atoms with Crippen LogP contribution in [0, 0.1) is 6.92 Å². The van der Waals surface area contributed by atoms with Gasteiger partial charge < -0.3 is 10.3 Å². The Morgan fingerprint density at radius 2 is 1.80 bits per heavy atom. The number of aryl methyl sites for hydroxylation is 1. The average Bonchev–Trinajstić information content (AvgIpc) is 3.39. The summed E-state index contributed by atoms with van der Waals surface area (Å²) >= 11 is 1.40. The van der Waals surface area contributed by atoms with Crippen molar-refractivity contribution in [2.45, 2.75) is 19.4 Å². The summed E-state index contributed by atoms with van der Waals surface area (Å²) < 4.78 is 1.02. The third kappa shape index (κ3) is 2.98. The lowest BCUT2D eigenvalue weighted by Crippen LogP contribution is -2.36. The Morgan fingerprint density at radius 3 is 2.60 bits per heavy atom. The fraction of sp³-hybridized carbons (Fsp3) is 0.174. The number of ketones is 1. The maximum atomic E-state index is 12.9. The van der Waals surface area contributed by atoms with E-state index >= 15 is 0 Å². The largest absolute Gasteiger partial charge is 0.361 e. The van der Waals surface area contributed by atoms with E-state index in [0.29, 0.717) is 11.3 Å². The molecule has 6 nitrogen and oxygen atoms in total. The van der Waals surface area contributed by atoms with Crippen LogP contribution >= 0.6 is 11.3 Å². The number of H-pyrrole nitrogens is 1. The zero-order valence-electron chi connectivity index (χ0n) is 16.3. The van der Waals surface area contributed by atoms with Crippen molar-refractivity contribution in [2.24, 2.45) is 0 Å². The van der Waals surface area contributed by atoms with Crippen LogP contribution in [0.5, 0.6) is 0 Å². The molecule has 1 aliphatic rings. The molecule has 7 heteroatoms. The van der Waals surface area contributed by atoms with E-state index in [2.05, 4.69) is 10.3 Å². The number of hydrogen-bond acceptors (Lipinski definition) is 4. The van der Waals surface area contributed by atoms with Gasteiger partial charge >= 0.3 is 6.03 Å². The van der Waals surface area contributed by atoms with Gasteiger partial charge in [0.25, 0.3) is 5.91 Å². The van der Waals surface area contributed by atoms with Crippen molar-refractivity contribution in [2.75, 3.05) is 6.54 Å². The van der Waals surface area contributed by atoms with Crippen LogP contribution < -0.4 is 5.32 Å². The van der Waals surface area contributed by atoms with Gasteiger partial charge in [-0.15, -0.1) is 11.3 Å². The number of aromatic amines is 1. The van der Waals surface area contributed by atoms with Crippen molar-refractivity contribution < 1.29 is 14.4 Å². The van der Waals surface area contributed by atoms with Crippen molar-refractivity contribution in [3.8, 4) is 0 Å². The molecular formula is C23H19N3O3S. The van der Waals surface area contributed by atoms with E-state index in [9.17, 15) is 14.4 Å². The van der Waals surface area contributed by atoms with Crippen molar-refractivity contribution >= 4 is 50.0 Å². The molecule has 3 amide bonds. The number of fused-ring (bicyclic) bond motifs is 2. The number of rotatable bonds is 5. The number of aromatic nitrogens is 1. The van der Waals surface area contributed by atoms with Crippen LogP contribution in [0.25, 0.3) is 21.0 Å². The van der Waals surface area contributed by atoms with Gasteiger partial charge in [0.1, 0.15) is 6.04 Å². The Hall–Kier alpha value is -3.45. The van der Waals surface area contributed by atoms with E-state index in [1.807, 2.05) is 61.7 Å². The fourth-order valence-corrected chi connectivity index (χ4v) is 5.18. The number of imide groups is 1. The molecule has 2 aromatic heterocycles. The van der Waals surface area contributed by atoms with Gasteiger partial charge in [-0.05, 0) is 35.6 Å². The highest BCUT2D eigenvalue weighted by molar-refractivity contribution is 7.21. The maximum absolute atomic E-state index is 12.9. The van der Waals surface area contributed by atoms with Crippen LogP contribution in [-0.2, 0) is 11.2 Å². The smallest absolute Gasteiger partial charge is 0.325 e. The van der Waals surface area contributed by atoms with Crippen molar-refractivity contribution in [1.29, 1.82) is 0 Å². The van der Waals surface area contributed by atoms with E-state index in [-0.39, 0.29) is 18.2 Å². The number of carbonyl (C=O) groups is 3. The predicted molar refractivity (Wildman–Crippen MR) is 117 cm³/mol. The molecule has 30 heavy (non-hydrogen) atoms. The number of hydrogen-bond donors (Lipinski definition) is 2. The van der Waals surface area contributed by atoms with Gasteiger partial charge in [-0.25, -0.2) is 4.79 Å². The molecule has 5 rings (SSSR count). The number of Topliss-reactive ketones (excluding diaryl/α,β-unsaturated/α-hetero) is 1. The summed E-state index contributed by atoms with van der Waals surface area (Å²) in [7, 11) is 0. The van der Waals surface area contributed by atoms with Crippen LogP contribution in [0.15, 0.2) is 54.7 Å². The first-order valence-electron chi connectivity index (χ1n) is 9.71. The monoisotopic (exact) mass is 417 g/mol.